The molecule has 1 rings (SSSR count). The molecule has 1 heterocycles. The lowest BCUT2D eigenvalue weighted by Crippen LogP contribution is -2.11. The van der Waals surface area contributed by atoms with E-state index >= 15 is 0 Å². The van der Waals surface area contributed by atoms with Crippen LogP contribution in [0.2, 0.25) is 0 Å². The molecule has 4 nitrogen and oxygen atoms in total. The fraction of sp³-hybridized carbons (Fsp3) is 0.786. The third-order valence-corrected chi connectivity index (χ3v) is 2.80. The van der Waals surface area contributed by atoms with E-state index in [1.54, 1.807) is 0 Å². The Morgan fingerprint density at radius 2 is 2.06 bits per heavy atom. The molecule has 0 saturated carbocycles. The quantitative estimate of drug-likeness (QED) is 0.616. The number of hydrogen-bond donors (Lipinski definition) is 1. The fourth-order valence-corrected chi connectivity index (χ4v) is 1.74. The molecule has 0 aliphatic carbocycles. The lowest BCUT2D eigenvalue weighted by Gasteiger charge is -2.01. The molecule has 104 valence electrons. The summed E-state index contributed by atoms with van der Waals surface area (Å²) in [4.78, 5) is 0. The number of nitrogens with one attached hydrogen (secondary N) is 1. The maximum absolute atomic E-state index is 5.56. The summed E-state index contributed by atoms with van der Waals surface area (Å²) in [5, 5.41) is 7.19. The average molecular weight is 254 g/mol. The first-order chi connectivity index (χ1) is 8.86. The average Bonchev–Trinajstić information content (AvgIpc) is 2.83. The van der Waals surface area contributed by atoms with Crippen molar-refractivity contribution in [1.82, 2.24) is 10.5 Å². The summed E-state index contributed by atoms with van der Waals surface area (Å²) in [6.07, 6.45) is 6.33. The van der Waals surface area contributed by atoms with Crippen LogP contribution < -0.4 is 5.32 Å². The van der Waals surface area contributed by atoms with E-state index in [0.29, 0.717) is 6.61 Å². The minimum atomic E-state index is 0.535. The Morgan fingerprint density at radius 3 is 2.83 bits per heavy atom. The van der Waals surface area contributed by atoms with Crippen LogP contribution in [0.3, 0.4) is 0 Å². The molecule has 1 N–H and O–H groups in total. The first-order valence-corrected chi connectivity index (χ1v) is 7.09. The number of ether oxygens (including phenoxy) is 1. The van der Waals surface area contributed by atoms with E-state index in [-0.39, 0.29) is 0 Å². The van der Waals surface area contributed by atoms with Crippen LogP contribution in [0.25, 0.3) is 0 Å². The van der Waals surface area contributed by atoms with Crippen LogP contribution in [0.1, 0.15) is 57.4 Å². The van der Waals surface area contributed by atoms with Gasteiger partial charge in [0.1, 0.15) is 6.61 Å². The molecule has 0 aliphatic rings. The molecule has 0 fully saturated rings. The van der Waals surface area contributed by atoms with Crippen LogP contribution in [-0.4, -0.2) is 18.3 Å². The lowest BCUT2D eigenvalue weighted by atomic mass is 10.2. The van der Waals surface area contributed by atoms with Gasteiger partial charge in [-0.05, 0) is 13.0 Å². The summed E-state index contributed by atoms with van der Waals surface area (Å²) in [5.41, 5.74) is 0.943. The second kappa shape index (κ2) is 10.1. The van der Waals surface area contributed by atoms with E-state index in [0.717, 1.165) is 37.6 Å². The van der Waals surface area contributed by atoms with Gasteiger partial charge in [0.15, 0.2) is 5.76 Å². The normalized spacial score (nSPS) is 11.0. The van der Waals surface area contributed by atoms with Crippen LogP contribution in [0.15, 0.2) is 10.6 Å². The Hall–Kier alpha value is -0.870. The summed E-state index contributed by atoms with van der Waals surface area (Å²) in [7, 11) is 0. The van der Waals surface area contributed by atoms with E-state index in [9.17, 15) is 0 Å². The summed E-state index contributed by atoms with van der Waals surface area (Å²) >= 11 is 0. The van der Waals surface area contributed by atoms with Gasteiger partial charge in [-0.1, -0.05) is 44.7 Å². The maximum atomic E-state index is 5.56. The van der Waals surface area contributed by atoms with Crippen molar-refractivity contribution in [3.05, 3.63) is 17.5 Å². The highest BCUT2D eigenvalue weighted by atomic mass is 16.5. The molecule has 18 heavy (non-hydrogen) atoms. The van der Waals surface area contributed by atoms with Gasteiger partial charge in [-0.3, -0.25) is 0 Å². The molecule has 0 unspecified atom stereocenters. The molecular weight excluding hydrogens is 228 g/mol. The Balaban J connectivity index is 2.03. The van der Waals surface area contributed by atoms with Crippen molar-refractivity contribution in [2.45, 2.75) is 59.1 Å². The van der Waals surface area contributed by atoms with E-state index in [2.05, 4.69) is 24.3 Å². The summed E-state index contributed by atoms with van der Waals surface area (Å²) in [6.45, 7) is 7.35. The van der Waals surface area contributed by atoms with Gasteiger partial charge in [0.05, 0.1) is 5.69 Å². The molecule has 0 aliphatic heterocycles. The first kappa shape index (κ1) is 15.2. The fourth-order valence-electron chi connectivity index (χ4n) is 1.74. The molecule has 0 amide bonds. The zero-order chi connectivity index (χ0) is 13.1. The molecule has 1 aromatic heterocycles. The smallest absolute Gasteiger partial charge is 0.162 e. The van der Waals surface area contributed by atoms with Crippen molar-refractivity contribution in [2.75, 3.05) is 13.2 Å². The SMILES string of the molecule is CCCCCCCOCc1cc(CNCC)no1. The topological polar surface area (TPSA) is 47.3 Å². The van der Waals surface area contributed by atoms with Crippen molar-refractivity contribution in [1.29, 1.82) is 0 Å². The van der Waals surface area contributed by atoms with Crippen LogP contribution in [0.4, 0.5) is 0 Å². The zero-order valence-electron chi connectivity index (χ0n) is 11.7. The van der Waals surface area contributed by atoms with Crippen LogP contribution in [0, 0.1) is 0 Å². The largest absolute Gasteiger partial charge is 0.373 e. The first-order valence-electron chi connectivity index (χ1n) is 7.09. The Labute approximate surface area is 110 Å². The molecule has 0 aromatic carbocycles. The van der Waals surface area contributed by atoms with E-state index in [1.807, 2.05) is 6.07 Å². The number of rotatable bonds is 11. The molecule has 1 aromatic rings. The highest BCUT2D eigenvalue weighted by Crippen LogP contribution is 2.07. The molecule has 0 saturated heterocycles. The highest BCUT2D eigenvalue weighted by molar-refractivity contribution is 5.04. The van der Waals surface area contributed by atoms with Gasteiger partial charge in [0.2, 0.25) is 0 Å². The molecule has 0 spiro atoms. The number of aromatic nitrogens is 1. The van der Waals surface area contributed by atoms with Gasteiger partial charge in [-0.15, -0.1) is 0 Å². The minimum absolute atomic E-state index is 0.535. The number of nitrogens with zero attached hydrogens (tertiary/aromatic N) is 1. The summed E-state index contributed by atoms with van der Waals surface area (Å²) in [6, 6.07) is 1.96. The van der Waals surface area contributed by atoms with Crippen LogP contribution in [0.5, 0.6) is 0 Å². The summed E-state index contributed by atoms with van der Waals surface area (Å²) < 4.78 is 10.8. The second-order valence-corrected chi connectivity index (χ2v) is 4.53. The van der Waals surface area contributed by atoms with Gasteiger partial charge in [-0.2, -0.15) is 0 Å². The van der Waals surface area contributed by atoms with Gasteiger partial charge in [-0.25, -0.2) is 0 Å². The molecule has 0 atom stereocenters. The lowest BCUT2D eigenvalue weighted by molar-refractivity contribution is 0.0975. The van der Waals surface area contributed by atoms with Gasteiger partial charge in [0, 0.05) is 19.2 Å². The van der Waals surface area contributed by atoms with Gasteiger partial charge in [0.25, 0.3) is 0 Å². The van der Waals surface area contributed by atoms with E-state index < -0.39 is 0 Å². The molecule has 0 radical (unpaired) electrons. The van der Waals surface area contributed by atoms with Crippen molar-refractivity contribution >= 4 is 0 Å². The van der Waals surface area contributed by atoms with Gasteiger partial charge < -0.3 is 14.6 Å². The Bertz CT molecular complexity index is 300. The van der Waals surface area contributed by atoms with Crippen molar-refractivity contribution in [2.24, 2.45) is 0 Å². The second-order valence-electron chi connectivity index (χ2n) is 4.53. The van der Waals surface area contributed by atoms with Crippen LogP contribution in [-0.2, 0) is 17.9 Å². The van der Waals surface area contributed by atoms with Gasteiger partial charge >= 0.3 is 0 Å². The number of unbranched alkanes of at least 4 members (excludes halogenated alkanes) is 4. The van der Waals surface area contributed by atoms with Crippen molar-refractivity contribution in [3.8, 4) is 0 Å². The van der Waals surface area contributed by atoms with E-state index in [1.165, 1.54) is 25.7 Å². The molecular formula is C14H26N2O2. The molecule has 4 heteroatoms. The Kier molecular flexibility index (Phi) is 8.51. The highest BCUT2D eigenvalue weighted by Gasteiger charge is 2.03. The predicted octanol–water partition coefficient (Wildman–Crippen LogP) is 3.27. The minimum Gasteiger partial charge on any atom is -0.373 e. The third-order valence-electron chi connectivity index (χ3n) is 2.80. The monoisotopic (exact) mass is 254 g/mol. The maximum Gasteiger partial charge on any atom is 0.162 e. The Morgan fingerprint density at radius 1 is 1.22 bits per heavy atom. The third kappa shape index (κ3) is 6.77. The predicted molar refractivity (Wildman–Crippen MR) is 72.3 cm³/mol. The number of hydrogen-bond acceptors (Lipinski definition) is 4. The summed E-state index contributed by atoms with van der Waals surface area (Å²) in [5.74, 6) is 0.816. The standard InChI is InChI=1S/C14H26N2O2/c1-3-5-6-7-8-9-17-12-14-10-13(16-18-14)11-15-4-2/h10,15H,3-9,11-12H2,1-2H3. The van der Waals surface area contributed by atoms with Crippen LogP contribution >= 0.6 is 0 Å². The zero-order valence-corrected chi connectivity index (χ0v) is 11.7. The molecule has 0 bridgehead atoms. The van der Waals surface area contributed by atoms with Crippen molar-refractivity contribution < 1.29 is 9.26 Å². The van der Waals surface area contributed by atoms with E-state index in [4.69, 9.17) is 9.26 Å². The van der Waals surface area contributed by atoms with Crippen molar-refractivity contribution in [3.63, 3.8) is 0 Å².